The van der Waals surface area contributed by atoms with Gasteiger partial charge in [0, 0.05) is 38.0 Å². The number of fused-ring (bicyclic) bond motifs is 1. The Bertz CT molecular complexity index is 1080. The number of likely N-dealkylation sites (tertiary alicyclic amines) is 1. The number of halogens is 2. The Hall–Kier alpha value is -2.38. The first-order valence-corrected chi connectivity index (χ1v) is 12.2. The molecule has 0 N–H and O–H groups in total. The van der Waals surface area contributed by atoms with E-state index >= 15 is 0 Å². The van der Waals surface area contributed by atoms with Crippen LogP contribution in [-0.2, 0) is 9.59 Å². The lowest BCUT2D eigenvalue weighted by molar-refractivity contribution is -0.142. The number of aromatic nitrogens is 2. The molecule has 1 aromatic carbocycles. The van der Waals surface area contributed by atoms with Gasteiger partial charge in [0.1, 0.15) is 5.92 Å². The van der Waals surface area contributed by atoms with E-state index in [-0.39, 0.29) is 17.7 Å². The Morgan fingerprint density at radius 3 is 2.61 bits per heavy atom. The van der Waals surface area contributed by atoms with Gasteiger partial charge in [0.25, 0.3) is 0 Å². The monoisotopic (exact) mass is 489 g/mol. The second kappa shape index (κ2) is 9.85. The smallest absolute Gasteiger partial charge is 0.233 e. The van der Waals surface area contributed by atoms with E-state index in [1.807, 2.05) is 42.7 Å². The van der Waals surface area contributed by atoms with Gasteiger partial charge in [0.2, 0.25) is 11.8 Å². The van der Waals surface area contributed by atoms with E-state index in [2.05, 4.69) is 10.1 Å². The number of amides is 2. The van der Waals surface area contributed by atoms with Crippen LogP contribution in [0.5, 0.6) is 0 Å². The predicted molar refractivity (Wildman–Crippen MR) is 130 cm³/mol. The molecule has 3 atom stereocenters. The number of hydrogen-bond acceptors (Lipinski definition) is 4. The van der Waals surface area contributed by atoms with Crippen LogP contribution in [0.15, 0.2) is 35.5 Å². The fourth-order valence-corrected chi connectivity index (χ4v) is 5.25. The van der Waals surface area contributed by atoms with Crippen LogP contribution in [0.4, 0.5) is 5.82 Å². The van der Waals surface area contributed by atoms with Gasteiger partial charge >= 0.3 is 0 Å². The highest BCUT2D eigenvalue weighted by Crippen LogP contribution is 2.39. The summed E-state index contributed by atoms with van der Waals surface area (Å²) in [7, 11) is 0. The topological polar surface area (TPSA) is 70.8 Å². The highest BCUT2D eigenvalue weighted by atomic mass is 35.5. The molecule has 2 aliphatic rings. The van der Waals surface area contributed by atoms with Crippen molar-refractivity contribution in [3.05, 3.63) is 46.1 Å². The van der Waals surface area contributed by atoms with Crippen molar-refractivity contribution in [2.24, 2.45) is 16.8 Å². The molecule has 2 aromatic rings. The summed E-state index contributed by atoms with van der Waals surface area (Å²) in [5, 5.41) is 5.35. The van der Waals surface area contributed by atoms with Gasteiger partial charge in [-0.15, -0.1) is 0 Å². The molecule has 3 heterocycles. The maximum absolute atomic E-state index is 13.9. The quantitative estimate of drug-likeness (QED) is 0.615. The Morgan fingerprint density at radius 1 is 1.15 bits per heavy atom. The van der Waals surface area contributed by atoms with Crippen molar-refractivity contribution in [1.82, 2.24) is 19.6 Å². The van der Waals surface area contributed by atoms with E-state index in [1.165, 1.54) is 0 Å². The molecule has 0 aliphatic carbocycles. The first-order valence-electron chi connectivity index (χ1n) is 11.5. The fourth-order valence-electron chi connectivity index (χ4n) is 4.94. The van der Waals surface area contributed by atoms with E-state index in [0.29, 0.717) is 42.0 Å². The second-order valence-corrected chi connectivity index (χ2v) is 9.43. The Kier molecular flexibility index (Phi) is 7.10. The van der Waals surface area contributed by atoms with Crippen molar-refractivity contribution in [3.8, 4) is 0 Å². The summed E-state index contributed by atoms with van der Waals surface area (Å²) >= 11 is 12.5. The first-order chi connectivity index (χ1) is 15.8. The van der Waals surface area contributed by atoms with Crippen LogP contribution in [0, 0.1) is 11.8 Å². The molecule has 176 valence electrons. The number of hydrogen-bond donors (Lipinski definition) is 0. The number of rotatable bonds is 5. The molecule has 2 amide bonds. The van der Waals surface area contributed by atoms with E-state index in [9.17, 15) is 9.59 Å². The van der Waals surface area contributed by atoms with E-state index < -0.39 is 12.0 Å². The van der Waals surface area contributed by atoms with Crippen molar-refractivity contribution >= 4 is 46.5 Å². The molecular weight excluding hydrogens is 461 g/mol. The highest BCUT2D eigenvalue weighted by molar-refractivity contribution is 6.42. The lowest BCUT2D eigenvalue weighted by Crippen LogP contribution is -2.51. The van der Waals surface area contributed by atoms with Crippen molar-refractivity contribution < 1.29 is 9.59 Å². The van der Waals surface area contributed by atoms with Gasteiger partial charge < -0.3 is 9.80 Å². The minimum Gasteiger partial charge on any atom is -0.343 e. The van der Waals surface area contributed by atoms with Gasteiger partial charge in [0.15, 0.2) is 5.82 Å². The number of carbonyl (C=O) groups is 2. The maximum Gasteiger partial charge on any atom is 0.233 e. The minimum absolute atomic E-state index is 0.0366. The van der Waals surface area contributed by atoms with Gasteiger partial charge in [-0.05, 0) is 51.3 Å². The molecular formula is C24H29Cl2N5O2. The number of nitrogens with zero attached hydrogens (tertiary/aromatic N) is 5. The summed E-state index contributed by atoms with van der Waals surface area (Å²) < 4.78 is 1.78. The summed E-state index contributed by atoms with van der Waals surface area (Å²) in [4.78, 5) is 35.2. The average Bonchev–Trinajstić information content (AvgIpc) is 3.28. The number of benzene rings is 1. The zero-order chi connectivity index (χ0) is 23.7. The first kappa shape index (κ1) is 23.8. The van der Waals surface area contributed by atoms with Gasteiger partial charge in [-0.2, -0.15) is 5.10 Å². The SMILES string of the molecule is CCN(CC)C(=O)C1CCCN(C(=O)C2C(C)=Nc3ccnn3C2c2ccc(Cl)c(Cl)c2)C1. The number of piperidine rings is 1. The van der Waals surface area contributed by atoms with E-state index in [1.54, 1.807) is 23.0 Å². The van der Waals surface area contributed by atoms with Gasteiger partial charge in [0.05, 0.1) is 28.2 Å². The zero-order valence-corrected chi connectivity index (χ0v) is 20.7. The van der Waals surface area contributed by atoms with Gasteiger partial charge in [-0.25, -0.2) is 9.67 Å². The van der Waals surface area contributed by atoms with E-state index in [4.69, 9.17) is 23.2 Å². The zero-order valence-electron chi connectivity index (χ0n) is 19.2. The molecule has 0 spiro atoms. The Morgan fingerprint density at radius 2 is 1.91 bits per heavy atom. The van der Waals surface area contributed by atoms with Crippen LogP contribution in [-0.4, -0.2) is 63.3 Å². The average molecular weight is 490 g/mol. The van der Waals surface area contributed by atoms with Crippen LogP contribution in [0.3, 0.4) is 0 Å². The van der Waals surface area contributed by atoms with Crippen LogP contribution in [0.1, 0.15) is 45.2 Å². The van der Waals surface area contributed by atoms with Crippen molar-refractivity contribution in [3.63, 3.8) is 0 Å². The molecule has 33 heavy (non-hydrogen) atoms. The molecule has 9 heteroatoms. The summed E-state index contributed by atoms with van der Waals surface area (Å²) in [6.07, 6.45) is 3.29. The maximum atomic E-state index is 13.9. The van der Waals surface area contributed by atoms with Crippen LogP contribution in [0.2, 0.25) is 10.0 Å². The standard InChI is InChI=1S/C24H29Cl2N5O2/c1-4-29(5-2)23(32)17-7-6-12-30(14-17)24(33)21-15(3)28-20-10-11-27-31(20)22(21)16-8-9-18(25)19(26)13-16/h8-11,13,17,21-22H,4-7,12,14H2,1-3H3. The van der Waals surface area contributed by atoms with E-state index in [0.717, 1.165) is 24.1 Å². The second-order valence-electron chi connectivity index (χ2n) is 8.62. The van der Waals surface area contributed by atoms with Crippen LogP contribution >= 0.6 is 23.2 Å². The highest BCUT2D eigenvalue weighted by Gasteiger charge is 2.42. The molecule has 2 aliphatic heterocycles. The third-order valence-corrected chi connectivity index (χ3v) is 7.42. The summed E-state index contributed by atoms with van der Waals surface area (Å²) in [5.41, 5.74) is 1.57. The third-order valence-electron chi connectivity index (χ3n) is 6.68. The lowest BCUT2D eigenvalue weighted by Gasteiger charge is -2.39. The largest absolute Gasteiger partial charge is 0.343 e. The predicted octanol–water partition coefficient (Wildman–Crippen LogP) is 4.61. The van der Waals surface area contributed by atoms with Gasteiger partial charge in [-0.1, -0.05) is 29.3 Å². The van der Waals surface area contributed by atoms with Crippen molar-refractivity contribution in [2.45, 2.75) is 39.7 Å². The molecule has 1 fully saturated rings. The van der Waals surface area contributed by atoms with Gasteiger partial charge in [-0.3, -0.25) is 9.59 Å². The summed E-state index contributed by atoms with van der Waals surface area (Å²) in [5.74, 6) is 0.0670. The normalized spacial score (nSPS) is 22.5. The molecule has 7 nitrogen and oxygen atoms in total. The molecule has 0 radical (unpaired) electrons. The van der Waals surface area contributed by atoms with Crippen molar-refractivity contribution in [2.75, 3.05) is 26.2 Å². The molecule has 1 aromatic heterocycles. The number of carbonyl (C=O) groups excluding carboxylic acids is 2. The molecule has 3 unspecified atom stereocenters. The molecule has 0 bridgehead atoms. The summed E-state index contributed by atoms with van der Waals surface area (Å²) in [6.45, 7) is 8.26. The Balaban J connectivity index is 1.66. The lowest BCUT2D eigenvalue weighted by atomic mass is 9.86. The molecule has 0 saturated carbocycles. The van der Waals surface area contributed by atoms with Crippen LogP contribution < -0.4 is 0 Å². The fraction of sp³-hybridized carbons (Fsp3) is 0.500. The Labute approximate surface area is 204 Å². The minimum atomic E-state index is -0.544. The number of aliphatic imine (C=N–C) groups is 1. The summed E-state index contributed by atoms with van der Waals surface area (Å²) in [6, 6.07) is 6.85. The molecule has 1 saturated heterocycles. The molecule has 4 rings (SSSR count). The third kappa shape index (κ3) is 4.53. The van der Waals surface area contributed by atoms with Crippen LogP contribution in [0.25, 0.3) is 0 Å². The van der Waals surface area contributed by atoms with Crippen molar-refractivity contribution in [1.29, 1.82) is 0 Å².